The first-order chi connectivity index (χ1) is 21.9. The van der Waals surface area contributed by atoms with Gasteiger partial charge in [-0.2, -0.15) is 0 Å². The number of benzene rings is 2. The monoisotopic (exact) mass is 642 g/mol. The number of hydrogen-bond donors (Lipinski definition) is 9. The summed E-state index contributed by atoms with van der Waals surface area (Å²) in [4.78, 5) is 54.0. The number of aromatic hydroxyl groups is 2. The number of ether oxygens (including phenoxy) is 1. The van der Waals surface area contributed by atoms with E-state index in [9.17, 15) is 39.6 Å². The molecule has 248 valence electrons. The lowest BCUT2D eigenvalue weighted by Crippen LogP contribution is -2.39. The third kappa shape index (κ3) is 12.0. The molecule has 2 atom stereocenters. The number of aliphatic hydroxyl groups excluding tert-OH is 2. The van der Waals surface area contributed by atoms with Crippen LogP contribution in [0.2, 0.25) is 0 Å². The molecule has 2 aliphatic heterocycles. The van der Waals surface area contributed by atoms with Gasteiger partial charge in [0.1, 0.15) is 36.3 Å². The first-order valence-corrected chi connectivity index (χ1v) is 14.4. The molecule has 0 radical (unpaired) electrons. The van der Waals surface area contributed by atoms with Gasteiger partial charge in [0.2, 0.25) is 0 Å². The highest BCUT2D eigenvalue weighted by Crippen LogP contribution is 2.18. The molecule has 0 aromatic heterocycles. The van der Waals surface area contributed by atoms with E-state index in [2.05, 4.69) is 31.3 Å². The fourth-order valence-electron chi connectivity index (χ4n) is 4.31. The second-order valence-electron chi connectivity index (χ2n) is 10.3. The van der Waals surface area contributed by atoms with Crippen LogP contribution in [0.4, 0.5) is 0 Å². The molecule has 2 heterocycles. The van der Waals surface area contributed by atoms with Crippen LogP contribution in [0.25, 0.3) is 0 Å². The highest BCUT2D eigenvalue weighted by molar-refractivity contribution is 5.97. The fourth-order valence-corrected chi connectivity index (χ4v) is 4.31. The summed E-state index contributed by atoms with van der Waals surface area (Å²) in [7, 11) is 0. The zero-order chi connectivity index (χ0) is 33.6. The van der Waals surface area contributed by atoms with Crippen molar-refractivity contribution in [2.24, 2.45) is 9.98 Å². The smallest absolute Gasteiger partial charge is 0.325 e. The summed E-state index contributed by atoms with van der Waals surface area (Å²) in [6, 6.07) is 8.81. The van der Waals surface area contributed by atoms with E-state index in [1.807, 2.05) is 0 Å². The number of carboxylic acids is 1. The summed E-state index contributed by atoms with van der Waals surface area (Å²) in [5, 5.41) is 57.4. The standard InChI is InChI=1S/C16H21N3O5.C14H17N3O5/c1-2-24-15(22)9-19-16(23)11-3-10(4-12(20)6-11)5-14-17-7-13(21)8-18-14;18-10-2-8(3-12-15-5-11(19)6-16-12)1-9(4-10)14(22)17-7-13(20)21/h3-4,6,13,20-21H,2,5,7-9H2,1H3,(H,17,18)(H,19,23);1-2,4,11,18-19H,3,5-7H2,(H,15,16)(H,17,22)(H,20,21). The fraction of sp³-hybridized carbons (Fsp3) is 0.400. The molecule has 0 fully saturated rings. The van der Waals surface area contributed by atoms with E-state index >= 15 is 0 Å². The number of rotatable bonds is 11. The maximum Gasteiger partial charge on any atom is 0.325 e. The summed E-state index contributed by atoms with van der Waals surface area (Å²) in [5.74, 6) is -1.52. The van der Waals surface area contributed by atoms with Crippen molar-refractivity contribution in [1.29, 1.82) is 0 Å². The van der Waals surface area contributed by atoms with E-state index in [0.717, 1.165) is 0 Å². The van der Waals surface area contributed by atoms with E-state index in [1.54, 1.807) is 19.1 Å². The maximum absolute atomic E-state index is 12.1. The molecule has 9 N–H and O–H groups in total. The van der Waals surface area contributed by atoms with Gasteiger partial charge in [0.05, 0.1) is 31.9 Å². The number of phenolic OH excluding ortho intramolecular Hbond substituents is 2. The SMILES string of the molecule is CCOC(=O)CNC(=O)c1cc(O)cc(CC2=NCC(O)CN2)c1.O=C(O)CNC(=O)c1cc(O)cc(CC2=NCC(O)CN2)c1. The highest BCUT2D eigenvalue weighted by Gasteiger charge is 2.16. The van der Waals surface area contributed by atoms with E-state index < -0.39 is 42.5 Å². The minimum absolute atomic E-state index is 0.0507. The van der Waals surface area contributed by atoms with Crippen LogP contribution in [0.3, 0.4) is 0 Å². The number of amides is 2. The molecule has 4 rings (SSSR count). The van der Waals surface area contributed by atoms with E-state index in [4.69, 9.17) is 9.84 Å². The zero-order valence-electron chi connectivity index (χ0n) is 25.2. The van der Waals surface area contributed by atoms with Crippen molar-refractivity contribution < 1.29 is 49.4 Å². The molecule has 0 saturated heterocycles. The Bertz CT molecular complexity index is 1480. The number of β-amino-alcohol motifs (C(OH)–C–C–N with tert-alkyl or cyclic N) is 2. The van der Waals surface area contributed by atoms with Gasteiger partial charge in [-0.1, -0.05) is 0 Å². The lowest BCUT2D eigenvalue weighted by molar-refractivity contribution is -0.141. The van der Waals surface area contributed by atoms with Gasteiger partial charge in [0.15, 0.2) is 0 Å². The Morgan fingerprint density at radius 1 is 0.783 bits per heavy atom. The van der Waals surface area contributed by atoms with Gasteiger partial charge in [-0.3, -0.25) is 29.2 Å². The maximum atomic E-state index is 12.1. The Balaban J connectivity index is 0.000000251. The molecule has 2 amide bonds. The number of aliphatic carboxylic acids is 1. The Kier molecular flexibility index (Phi) is 13.3. The minimum Gasteiger partial charge on any atom is -0.508 e. The molecule has 2 aromatic rings. The third-order valence-electron chi connectivity index (χ3n) is 6.39. The van der Waals surface area contributed by atoms with Crippen LogP contribution in [0.1, 0.15) is 38.8 Å². The number of phenols is 2. The normalized spacial score (nSPS) is 17.0. The summed E-state index contributed by atoms with van der Waals surface area (Å²) < 4.78 is 4.74. The van der Waals surface area contributed by atoms with Crippen molar-refractivity contribution in [3.05, 3.63) is 58.7 Å². The van der Waals surface area contributed by atoms with Gasteiger partial charge in [-0.25, -0.2) is 0 Å². The summed E-state index contributed by atoms with van der Waals surface area (Å²) in [6.07, 6.45) is -0.230. The van der Waals surface area contributed by atoms with Crippen LogP contribution in [0.15, 0.2) is 46.4 Å². The average Bonchev–Trinajstić information content (AvgIpc) is 3.01. The molecular weight excluding hydrogens is 604 g/mol. The predicted molar refractivity (Wildman–Crippen MR) is 165 cm³/mol. The number of aliphatic hydroxyl groups is 2. The molecule has 2 unspecified atom stereocenters. The van der Waals surface area contributed by atoms with Gasteiger partial charge >= 0.3 is 11.9 Å². The summed E-state index contributed by atoms with van der Waals surface area (Å²) >= 11 is 0. The summed E-state index contributed by atoms with van der Waals surface area (Å²) in [5.41, 5.74) is 1.76. The number of aliphatic imine (C=N–C) groups is 2. The van der Waals surface area contributed by atoms with Crippen LogP contribution in [0, 0.1) is 0 Å². The van der Waals surface area contributed by atoms with Gasteiger partial charge in [0.25, 0.3) is 11.8 Å². The second-order valence-corrected chi connectivity index (χ2v) is 10.3. The van der Waals surface area contributed by atoms with E-state index in [-0.39, 0.29) is 35.8 Å². The topological polar surface area (TPSA) is 251 Å². The largest absolute Gasteiger partial charge is 0.508 e. The first kappa shape index (κ1) is 35.3. The number of nitrogens with zero attached hydrogens (tertiary/aromatic N) is 2. The van der Waals surface area contributed by atoms with E-state index in [0.29, 0.717) is 61.8 Å². The molecule has 2 aliphatic rings. The van der Waals surface area contributed by atoms with Gasteiger partial charge in [-0.15, -0.1) is 0 Å². The molecule has 16 nitrogen and oxygen atoms in total. The van der Waals surface area contributed by atoms with Crippen molar-refractivity contribution in [2.45, 2.75) is 32.0 Å². The van der Waals surface area contributed by atoms with Crippen molar-refractivity contribution in [3.8, 4) is 11.5 Å². The molecule has 0 spiro atoms. The molecule has 46 heavy (non-hydrogen) atoms. The van der Waals surface area contributed by atoms with Crippen molar-refractivity contribution in [1.82, 2.24) is 21.3 Å². The van der Waals surface area contributed by atoms with Crippen LogP contribution in [-0.4, -0.2) is 119 Å². The number of amidine groups is 2. The molecule has 16 heteroatoms. The van der Waals surface area contributed by atoms with Crippen LogP contribution in [-0.2, 0) is 27.2 Å². The van der Waals surface area contributed by atoms with Crippen LogP contribution in [0.5, 0.6) is 11.5 Å². The van der Waals surface area contributed by atoms with Crippen LogP contribution >= 0.6 is 0 Å². The Labute approximate surface area is 264 Å². The number of carboxylic acid groups (broad SMARTS) is 1. The van der Waals surface area contributed by atoms with Gasteiger partial charge in [0, 0.05) is 37.1 Å². The number of hydrogen-bond acceptors (Lipinski definition) is 13. The van der Waals surface area contributed by atoms with Gasteiger partial charge in [-0.05, 0) is 54.4 Å². The van der Waals surface area contributed by atoms with Gasteiger partial charge < -0.3 is 51.5 Å². The Morgan fingerprint density at radius 3 is 1.63 bits per heavy atom. The predicted octanol–water partition coefficient (Wildman–Crippen LogP) is -1.30. The van der Waals surface area contributed by atoms with Crippen molar-refractivity contribution >= 4 is 35.4 Å². The van der Waals surface area contributed by atoms with E-state index in [1.165, 1.54) is 24.3 Å². The molecular formula is C30H38N6O10. The molecule has 2 aromatic carbocycles. The summed E-state index contributed by atoms with van der Waals surface area (Å²) in [6.45, 7) is 2.67. The third-order valence-corrected chi connectivity index (χ3v) is 6.39. The number of esters is 1. The number of carbonyl (C=O) groups is 4. The average molecular weight is 643 g/mol. The van der Waals surface area contributed by atoms with Crippen LogP contribution < -0.4 is 21.3 Å². The quantitative estimate of drug-likeness (QED) is 0.130. The number of nitrogens with one attached hydrogen (secondary N) is 4. The zero-order valence-corrected chi connectivity index (χ0v) is 25.2. The lowest BCUT2D eigenvalue weighted by atomic mass is 10.1. The number of carbonyl (C=O) groups excluding carboxylic acids is 3. The van der Waals surface area contributed by atoms with Crippen molar-refractivity contribution in [3.63, 3.8) is 0 Å². The first-order valence-electron chi connectivity index (χ1n) is 14.4. The highest BCUT2D eigenvalue weighted by atomic mass is 16.5. The Morgan fingerprint density at radius 2 is 1.24 bits per heavy atom. The molecule has 0 aliphatic carbocycles. The minimum atomic E-state index is -1.15. The molecule has 0 bridgehead atoms. The molecule has 0 saturated carbocycles. The van der Waals surface area contributed by atoms with Crippen molar-refractivity contribution in [2.75, 3.05) is 45.9 Å². The second kappa shape index (κ2) is 17.3. The lowest BCUT2D eigenvalue weighted by Gasteiger charge is -2.19. The Hall–Kier alpha value is -5.22.